The molecule has 2 aromatic carbocycles. The molecule has 0 saturated heterocycles. The third-order valence-electron chi connectivity index (χ3n) is 5.52. The lowest BCUT2D eigenvalue weighted by Crippen LogP contribution is -2.17. The van der Waals surface area contributed by atoms with Crippen molar-refractivity contribution in [2.45, 2.75) is 19.1 Å². The molecular weight excluding hydrogens is 470 g/mol. The fraction of sp³-hybridized carbons (Fsp3) is 0.200. The van der Waals surface area contributed by atoms with Crippen molar-refractivity contribution in [3.63, 3.8) is 0 Å². The summed E-state index contributed by atoms with van der Waals surface area (Å²) in [5, 5.41) is 8.41. The molecule has 1 aliphatic rings. The number of nitrogens with one attached hydrogen (secondary N) is 1. The quantitative estimate of drug-likeness (QED) is 0.412. The number of rotatable bonds is 4. The summed E-state index contributed by atoms with van der Waals surface area (Å²) in [6, 6.07) is 17.3. The third kappa shape index (κ3) is 4.15. The Labute approximate surface area is 206 Å². The Morgan fingerprint density at radius 2 is 1.79 bits per heavy atom. The van der Waals surface area contributed by atoms with Crippen LogP contribution in [-0.2, 0) is 4.79 Å². The van der Waals surface area contributed by atoms with Gasteiger partial charge in [0.2, 0.25) is 5.91 Å². The standard InChI is InChI=1S/C25H22ClN5O2S/c1-14-12-15(2)28-25(27-14)31-24-21(22(30-31)16-8-10-17(26)11-9-16)23(34-13-20(32)29-24)18-6-4-5-7-19(18)33-3/h4-12,23H,13H2,1-3H3,(H,29,32)/t23-/m0/s1. The summed E-state index contributed by atoms with van der Waals surface area (Å²) in [5.41, 5.74) is 5.06. The van der Waals surface area contributed by atoms with Crippen LogP contribution in [0.5, 0.6) is 5.75 Å². The second-order valence-corrected chi connectivity index (χ2v) is 9.49. The molecule has 0 unspecified atom stereocenters. The molecule has 4 aromatic rings. The first kappa shape index (κ1) is 22.4. The number of para-hydroxylation sites is 1. The van der Waals surface area contributed by atoms with Crippen molar-refractivity contribution in [2.24, 2.45) is 0 Å². The topological polar surface area (TPSA) is 81.9 Å². The van der Waals surface area contributed by atoms with Crippen molar-refractivity contribution >= 4 is 35.1 Å². The van der Waals surface area contributed by atoms with Crippen LogP contribution in [0.3, 0.4) is 0 Å². The van der Waals surface area contributed by atoms with Crippen LogP contribution in [0.4, 0.5) is 5.82 Å². The second kappa shape index (κ2) is 9.12. The van der Waals surface area contributed by atoms with Crippen LogP contribution >= 0.6 is 23.4 Å². The second-order valence-electron chi connectivity index (χ2n) is 7.96. The Bertz CT molecular complexity index is 1370. The molecule has 172 valence electrons. The van der Waals surface area contributed by atoms with E-state index in [1.165, 1.54) is 11.8 Å². The van der Waals surface area contributed by atoms with Gasteiger partial charge >= 0.3 is 0 Å². The summed E-state index contributed by atoms with van der Waals surface area (Å²) >= 11 is 7.70. The number of amides is 1. The minimum absolute atomic E-state index is 0.114. The summed E-state index contributed by atoms with van der Waals surface area (Å²) in [6.45, 7) is 3.82. The van der Waals surface area contributed by atoms with Crippen molar-refractivity contribution < 1.29 is 9.53 Å². The summed E-state index contributed by atoms with van der Waals surface area (Å²) in [5.74, 6) is 1.88. The minimum atomic E-state index is -0.213. The molecule has 5 rings (SSSR count). The number of aromatic nitrogens is 4. The van der Waals surface area contributed by atoms with Crippen molar-refractivity contribution in [2.75, 3.05) is 18.2 Å². The van der Waals surface area contributed by atoms with Crippen LogP contribution < -0.4 is 10.1 Å². The van der Waals surface area contributed by atoms with E-state index in [0.29, 0.717) is 16.8 Å². The molecule has 0 fully saturated rings. The van der Waals surface area contributed by atoms with E-state index in [-0.39, 0.29) is 16.9 Å². The number of nitrogens with zero attached hydrogens (tertiary/aromatic N) is 4. The molecule has 1 atom stereocenters. The zero-order valence-corrected chi connectivity index (χ0v) is 20.4. The van der Waals surface area contributed by atoms with Crippen molar-refractivity contribution in [3.8, 4) is 23.0 Å². The van der Waals surface area contributed by atoms with Crippen LogP contribution in [-0.4, -0.2) is 38.5 Å². The number of hydrogen-bond donors (Lipinski definition) is 1. The SMILES string of the molecule is COc1ccccc1[C@@H]1SCC(=O)Nc2c1c(-c1ccc(Cl)cc1)nn2-c1nc(C)cc(C)n1. The van der Waals surface area contributed by atoms with Crippen LogP contribution in [0.1, 0.15) is 27.8 Å². The van der Waals surface area contributed by atoms with Gasteiger partial charge in [-0.05, 0) is 38.1 Å². The zero-order valence-electron chi connectivity index (χ0n) is 18.9. The summed E-state index contributed by atoms with van der Waals surface area (Å²) in [4.78, 5) is 22.0. The van der Waals surface area contributed by atoms with Gasteiger partial charge in [0.05, 0.1) is 23.8 Å². The molecule has 1 aliphatic heterocycles. The molecule has 1 amide bonds. The van der Waals surface area contributed by atoms with E-state index in [0.717, 1.165) is 39.5 Å². The number of anilines is 1. The van der Waals surface area contributed by atoms with Gasteiger partial charge in [-0.3, -0.25) is 4.79 Å². The first-order chi connectivity index (χ1) is 16.4. The lowest BCUT2D eigenvalue weighted by molar-refractivity contribution is -0.113. The van der Waals surface area contributed by atoms with Gasteiger partial charge in [0.15, 0.2) is 0 Å². The molecule has 0 aliphatic carbocycles. The smallest absolute Gasteiger partial charge is 0.252 e. The Morgan fingerprint density at radius 1 is 1.09 bits per heavy atom. The van der Waals surface area contributed by atoms with Gasteiger partial charge in [0.1, 0.15) is 11.6 Å². The Morgan fingerprint density at radius 3 is 2.50 bits per heavy atom. The van der Waals surface area contributed by atoms with Gasteiger partial charge in [0, 0.05) is 33.1 Å². The fourth-order valence-electron chi connectivity index (χ4n) is 4.11. The molecule has 1 N–H and O–H groups in total. The molecule has 0 spiro atoms. The molecular formula is C25H22ClN5O2S. The van der Waals surface area contributed by atoms with Crippen LogP contribution in [0, 0.1) is 13.8 Å². The van der Waals surface area contributed by atoms with Crippen LogP contribution in [0.2, 0.25) is 5.02 Å². The third-order valence-corrected chi connectivity index (χ3v) is 7.03. The van der Waals surface area contributed by atoms with Gasteiger partial charge in [-0.1, -0.05) is 41.9 Å². The summed E-state index contributed by atoms with van der Waals surface area (Å²) in [7, 11) is 1.65. The highest BCUT2D eigenvalue weighted by molar-refractivity contribution is 8.00. The van der Waals surface area contributed by atoms with Gasteiger partial charge in [-0.15, -0.1) is 11.8 Å². The zero-order chi connectivity index (χ0) is 23.8. The molecule has 0 radical (unpaired) electrons. The highest BCUT2D eigenvalue weighted by Gasteiger charge is 2.34. The normalized spacial score (nSPS) is 15.4. The van der Waals surface area contributed by atoms with E-state index in [2.05, 4.69) is 15.3 Å². The number of aryl methyl sites for hydroxylation is 2. The van der Waals surface area contributed by atoms with Crippen molar-refractivity contribution in [1.82, 2.24) is 19.7 Å². The maximum atomic E-state index is 12.8. The number of carbonyl (C=O) groups excluding carboxylic acids is 1. The highest BCUT2D eigenvalue weighted by Crippen LogP contribution is 2.48. The van der Waals surface area contributed by atoms with E-state index < -0.39 is 0 Å². The number of carbonyl (C=O) groups is 1. The van der Waals surface area contributed by atoms with E-state index >= 15 is 0 Å². The van der Waals surface area contributed by atoms with Gasteiger partial charge < -0.3 is 10.1 Å². The van der Waals surface area contributed by atoms with Crippen LogP contribution in [0.15, 0.2) is 54.6 Å². The van der Waals surface area contributed by atoms with E-state index in [4.69, 9.17) is 21.4 Å². The number of benzene rings is 2. The fourth-order valence-corrected chi connectivity index (χ4v) is 5.39. The molecule has 3 heterocycles. The average molecular weight is 492 g/mol. The minimum Gasteiger partial charge on any atom is -0.496 e. The first-order valence-electron chi connectivity index (χ1n) is 10.7. The average Bonchev–Trinajstić information content (AvgIpc) is 3.09. The van der Waals surface area contributed by atoms with Gasteiger partial charge in [0.25, 0.3) is 5.95 Å². The van der Waals surface area contributed by atoms with Crippen molar-refractivity contribution in [3.05, 3.63) is 82.1 Å². The lowest BCUT2D eigenvalue weighted by atomic mass is 9.99. The summed E-state index contributed by atoms with van der Waals surface area (Å²) in [6.07, 6.45) is 0. The molecule has 9 heteroatoms. The van der Waals surface area contributed by atoms with E-state index in [1.54, 1.807) is 11.8 Å². The van der Waals surface area contributed by atoms with Crippen LogP contribution in [0.25, 0.3) is 17.2 Å². The predicted octanol–water partition coefficient (Wildman–Crippen LogP) is 5.38. The number of hydrogen-bond acceptors (Lipinski definition) is 6. The maximum Gasteiger partial charge on any atom is 0.252 e. The number of methoxy groups -OCH3 is 1. The Hall–Kier alpha value is -3.36. The molecule has 34 heavy (non-hydrogen) atoms. The number of fused-ring (bicyclic) bond motifs is 1. The number of thioether (sulfide) groups is 1. The highest BCUT2D eigenvalue weighted by atomic mass is 35.5. The molecule has 0 saturated carbocycles. The van der Waals surface area contributed by atoms with E-state index in [1.807, 2.05) is 68.4 Å². The molecule has 7 nitrogen and oxygen atoms in total. The van der Waals surface area contributed by atoms with Crippen molar-refractivity contribution in [1.29, 1.82) is 0 Å². The monoisotopic (exact) mass is 491 g/mol. The maximum absolute atomic E-state index is 12.8. The molecule has 2 aromatic heterocycles. The Kier molecular flexibility index (Phi) is 6.02. The lowest BCUT2D eigenvalue weighted by Gasteiger charge is -2.19. The van der Waals surface area contributed by atoms with Gasteiger partial charge in [-0.2, -0.15) is 9.78 Å². The summed E-state index contributed by atoms with van der Waals surface area (Å²) < 4.78 is 7.31. The predicted molar refractivity (Wildman–Crippen MR) is 135 cm³/mol. The van der Waals surface area contributed by atoms with Gasteiger partial charge in [-0.25, -0.2) is 9.97 Å². The molecule has 0 bridgehead atoms. The first-order valence-corrected chi connectivity index (χ1v) is 12.1. The Balaban J connectivity index is 1.82. The largest absolute Gasteiger partial charge is 0.496 e. The number of halogens is 1. The van der Waals surface area contributed by atoms with E-state index in [9.17, 15) is 4.79 Å². The number of ether oxygens (including phenoxy) is 1.